The zero-order valence-corrected chi connectivity index (χ0v) is 11.6. The van der Waals surface area contributed by atoms with E-state index in [2.05, 4.69) is 33.8 Å². The van der Waals surface area contributed by atoms with Crippen LogP contribution in [-0.2, 0) is 0 Å². The Balaban J connectivity index is 1.80. The van der Waals surface area contributed by atoms with Gasteiger partial charge >= 0.3 is 0 Å². The monoisotopic (exact) mass is 283 g/mol. The highest BCUT2D eigenvalue weighted by Gasteiger charge is 2.41. The second-order valence-corrected chi connectivity index (χ2v) is 5.67. The molecule has 2 unspecified atom stereocenters. The molecule has 3 aromatic rings. The average molecular weight is 284 g/mol. The standard InChI is InChI=1S/C16H14ClN3/c17-12-7-4-8-13-15(12)20(16(18)19-13)14-9-11(14)10-5-2-1-3-6-10/h1-8,11,14H,9H2,(H2,18,19). The van der Waals surface area contributed by atoms with Crippen LogP contribution in [0, 0.1) is 0 Å². The molecule has 4 rings (SSSR count). The first kappa shape index (κ1) is 11.8. The molecular weight excluding hydrogens is 270 g/mol. The fraction of sp³-hybridized carbons (Fsp3) is 0.188. The van der Waals surface area contributed by atoms with Gasteiger partial charge in [0.1, 0.15) is 0 Å². The number of nitrogens with two attached hydrogens (primary N) is 1. The fourth-order valence-electron chi connectivity index (χ4n) is 2.99. The van der Waals surface area contributed by atoms with Crippen molar-refractivity contribution in [1.82, 2.24) is 9.55 Å². The van der Waals surface area contributed by atoms with Crippen molar-refractivity contribution in [3.05, 3.63) is 59.1 Å². The van der Waals surface area contributed by atoms with E-state index in [9.17, 15) is 0 Å². The number of fused-ring (bicyclic) bond motifs is 1. The van der Waals surface area contributed by atoms with Gasteiger partial charge in [-0.1, -0.05) is 48.0 Å². The van der Waals surface area contributed by atoms with E-state index in [1.807, 2.05) is 24.3 Å². The van der Waals surface area contributed by atoms with E-state index in [0.29, 0.717) is 22.9 Å². The van der Waals surface area contributed by atoms with Gasteiger partial charge in [-0.3, -0.25) is 0 Å². The van der Waals surface area contributed by atoms with Gasteiger partial charge in [-0.15, -0.1) is 0 Å². The van der Waals surface area contributed by atoms with Crippen LogP contribution >= 0.6 is 11.6 Å². The molecule has 0 bridgehead atoms. The van der Waals surface area contributed by atoms with Crippen molar-refractivity contribution in [2.45, 2.75) is 18.4 Å². The van der Waals surface area contributed by atoms with Crippen molar-refractivity contribution >= 4 is 28.6 Å². The molecule has 20 heavy (non-hydrogen) atoms. The van der Waals surface area contributed by atoms with Crippen LogP contribution in [0.5, 0.6) is 0 Å². The Bertz CT molecular complexity index is 779. The molecule has 1 fully saturated rings. The Morgan fingerprint density at radius 1 is 1.10 bits per heavy atom. The molecule has 1 aliphatic rings. The maximum atomic E-state index is 6.32. The molecule has 3 nitrogen and oxygen atoms in total. The summed E-state index contributed by atoms with van der Waals surface area (Å²) in [7, 11) is 0. The Kier molecular flexibility index (Phi) is 2.51. The minimum Gasteiger partial charge on any atom is -0.369 e. The van der Waals surface area contributed by atoms with Crippen molar-refractivity contribution in [3.8, 4) is 0 Å². The molecule has 100 valence electrons. The van der Waals surface area contributed by atoms with Gasteiger partial charge in [-0.2, -0.15) is 0 Å². The number of imidazole rings is 1. The lowest BCUT2D eigenvalue weighted by Gasteiger charge is -2.07. The third-order valence-corrected chi connectivity index (χ3v) is 4.31. The summed E-state index contributed by atoms with van der Waals surface area (Å²) in [5.74, 6) is 1.06. The Hall–Kier alpha value is -2.00. The predicted octanol–water partition coefficient (Wildman–Crippen LogP) is 4.00. The molecule has 4 heteroatoms. The molecule has 2 N–H and O–H groups in total. The summed E-state index contributed by atoms with van der Waals surface area (Å²) in [4.78, 5) is 4.42. The third-order valence-electron chi connectivity index (χ3n) is 4.00. The Morgan fingerprint density at radius 3 is 2.70 bits per heavy atom. The molecule has 0 spiro atoms. The molecule has 1 heterocycles. The van der Waals surface area contributed by atoms with E-state index in [0.717, 1.165) is 17.5 Å². The maximum Gasteiger partial charge on any atom is 0.201 e. The molecule has 0 radical (unpaired) electrons. The normalized spacial score (nSPS) is 21.2. The highest BCUT2D eigenvalue weighted by atomic mass is 35.5. The van der Waals surface area contributed by atoms with Crippen molar-refractivity contribution in [1.29, 1.82) is 0 Å². The second kappa shape index (κ2) is 4.25. The number of aromatic nitrogens is 2. The van der Waals surface area contributed by atoms with E-state index in [1.165, 1.54) is 5.56 Å². The van der Waals surface area contributed by atoms with Gasteiger partial charge in [-0.05, 0) is 24.1 Å². The van der Waals surface area contributed by atoms with Crippen molar-refractivity contribution in [2.75, 3.05) is 5.73 Å². The van der Waals surface area contributed by atoms with Crippen LogP contribution in [0.3, 0.4) is 0 Å². The van der Waals surface area contributed by atoms with E-state index in [4.69, 9.17) is 17.3 Å². The molecule has 1 aromatic heterocycles. The first-order valence-electron chi connectivity index (χ1n) is 6.72. The van der Waals surface area contributed by atoms with Crippen molar-refractivity contribution in [2.24, 2.45) is 0 Å². The minimum atomic E-state index is 0.363. The van der Waals surface area contributed by atoms with Crippen molar-refractivity contribution in [3.63, 3.8) is 0 Å². The molecule has 1 saturated carbocycles. The predicted molar refractivity (Wildman–Crippen MR) is 82.0 cm³/mol. The number of benzene rings is 2. The van der Waals surface area contributed by atoms with Crippen LogP contribution in [0.2, 0.25) is 5.02 Å². The van der Waals surface area contributed by atoms with E-state index < -0.39 is 0 Å². The highest BCUT2D eigenvalue weighted by molar-refractivity contribution is 6.35. The number of hydrogen-bond donors (Lipinski definition) is 1. The van der Waals surface area contributed by atoms with E-state index in [1.54, 1.807) is 0 Å². The largest absolute Gasteiger partial charge is 0.369 e. The topological polar surface area (TPSA) is 43.8 Å². The van der Waals surface area contributed by atoms with Gasteiger partial charge in [0.2, 0.25) is 5.95 Å². The number of nitrogen functional groups attached to an aromatic ring is 1. The van der Waals surface area contributed by atoms with Crippen LogP contribution < -0.4 is 5.73 Å². The Morgan fingerprint density at radius 2 is 1.90 bits per heavy atom. The van der Waals surface area contributed by atoms with Crippen LogP contribution in [0.4, 0.5) is 5.95 Å². The molecule has 2 aromatic carbocycles. The maximum absolute atomic E-state index is 6.32. The van der Waals surface area contributed by atoms with Gasteiger partial charge in [0.05, 0.1) is 16.1 Å². The summed E-state index contributed by atoms with van der Waals surface area (Å²) in [6.07, 6.45) is 1.09. The van der Waals surface area contributed by atoms with Crippen LogP contribution in [-0.4, -0.2) is 9.55 Å². The zero-order chi connectivity index (χ0) is 13.7. The van der Waals surface area contributed by atoms with Crippen LogP contribution in [0.1, 0.15) is 23.9 Å². The molecule has 0 amide bonds. The highest BCUT2D eigenvalue weighted by Crippen LogP contribution is 2.53. The molecule has 1 aliphatic carbocycles. The first-order chi connectivity index (χ1) is 9.75. The van der Waals surface area contributed by atoms with Gasteiger partial charge in [0, 0.05) is 12.0 Å². The lowest BCUT2D eigenvalue weighted by molar-refractivity contribution is 0.751. The van der Waals surface area contributed by atoms with E-state index >= 15 is 0 Å². The van der Waals surface area contributed by atoms with Gasteiger partial charge in [0.25, 0.3) is 0 Å². The number of hydrogen-bond acceptors (Lipinski definition) is 2. The molecule has 0 saturated heterocycles. The zero-order valence-electron chi connectivity index (χ0n) is 10.8. The van der Waals surface area contributed by atoms with Crippen molar-refractivity contribution < 1.29 is 0 Å². The van der Waals surface area contributed by atoms with Gasteiger partial charge in [-0.25, -0.2) is 4.98 Å². The van der Waals surface area contributed by atoms with Crippen LogP contribution in [0.25, 0.3) is 11.0 Å². The lowest BCUT2D eigenvalue weighted by Crippen LogP contribution is -2.02. The van der Waals surface area contributed by atoms with Gasteiger partial charge < -0.3 is 10.3 Å². The average Bonchev–Trinajstić information content (AvgIpc) is 3.16. The number of nitrogens with zero attached hydrogens (tertiary/aromatic N) is 2. The second-order valence-electron chi connectivity index (χ2n) is 5.27. The smallest absolute Gasteiger partial charge is 0.201 e. The lowest BCUT2D eigenvalue weighted by atomic mass is 10.1. The minimum absolute atomic E-state index is 0.363. The summed E-state index contributed by atoms with van der Waals surface area (Å²) in [6, 6.07) is 16.6. The number of anilines is 1. The number of para-hydroxylation sites is 1. The molecule has 2 atom stereocenters. The number of rotatable bonds is 2. The number of halogens is 1. The fourth-order valence-corrected chi connectivity index (χ4v) is 3.25. The molecule has 0 aliphatic heterocycles. The summed E-state index contributed by atoms with van der Waals surface area (Å²) >= 11 is 6.32. The van der Waals surface area contributed by atoms with Gasteiger partial charge in [0.15, 0.2) is 0 Å². The summed E-state index contributed by atoms with van der Waals surface area (Å²) in [5, 5.41) is 0.713. The molecular formula is C16H14ClN3. The van der Waals surface area contributed by atoms with Crippen LogP contribution in [0.15, 0.2) is 48.5 Å². The first-order valence-corrected chi connectivity index (χ1v) is 7.10. The summed E-state index contributed by atoms with van der Waals surface area (Å²) in [5.41, 5.74) is 9.27. The summed E-state index contributed by atoms with van der Waals surface area (Å²) < 4.78 is 2.09. The third kappa shape index (κ3) is 1.70. The SMILES string of the molecule is Nc1nc2cccc(Cl)c2n1C1CC1c1ccccc1. The Labute approximate surface area is 122 Å². The van der Waals surface area contributed by atoms with E-state index in [-0.39, 0.29) is 0 Å². The quantitative estimate of drug-likeness (QED) is 0.772. The summed E-state index contributed by atoms with van der Waals surface area (Å²) in [6.45, 7) is 0.